The molecule has 4 N–H and O–H groups in total. The Morgan fingerprint density at radius 1 is 1.13 bits per heavy atom. The number of hydrogen-bond donors (Lipinski definition) is 3. The molecule has 0 aliphatic carbocycles. The van der Waals surface area contributed by atoms with Crippen LogP contribution in [0.15, 0.2) is 59.6 Å². The number of nitrogens with zero attached hydrogens (tertiary/aromatic N) is 2. The van der Waals surface area contributed by atoms with Crippen LogP contribution in [-0.4, -0.2) is 28.3 Å². The van der Waals surface area contributed by atoms with Gasteiger partial charge in [-0.3, -0.25) is 9.69 Å². The van der Waals surface area contributed by atoms with Crippen LogP contribution in [-0.2, 0) is 17.9 Å². The minimum Gasteiger partial charge on any atom is -0.369 e. The number of carbonyl (C=O) groups is 2. The van der Waals surface area contributed by atoms with Gasteiger partial charge in [0.2, 0.25) is 0 Å². The summed E-state index contributed by atoms with van der Waals surface area (Å²) in [5, 5.41) is 5.66. The molecule has 1 unspecified atom stereocenters. The van der Waals surface area contributed by atoms with Gasteiger partial charge in [-0.15, -0.1) is 0 Å². The fourth-order valence-corrected chi connectivity index (χ4v) is 3.72. The molecule has 1 aliphatic rings. The van der Waals surface area contributed by atoms with E-state index >= 15 is 0 Å². The molecule has 7 nitrogen and oxygen atoms in total. The van der Waals surface area contributed by atoms with Crippen molar-refractivity contribution >= 4 is 23.6 Å². The van der Waals surface area contributed by atoms with Gasteiger partial charge in [-0.05, 0) is 42.5 Å². The van der Waals surface area contributed by atoms with Crippen molar-refractivity contribution in [1.82, 2.24) is 10.2 Å². The average Bonchev–Trinajstić information content (AvgIpc) is 2.89. The van der Waals surface area contributed by atoms with Crippen LogP contribution in [0.4, 0.5) is 10.5 Å². The Bertz CT molecular complexity index is 942. The Labute approximate surface area is 177 Å². The van der Waals surface area contributed by atoms with Gasteiger partial charge in [0.25, 0.3) is 5.91 Å². The van der Waals surface area contributed by atoms with E-state index in [9.17, 15) is 9.59 Å². The molecule has 1 atom stereocenters. The van der Waals surface area contributed by atoms with Crippen LogP contribution in [0.2, 0.25) is 0 Å². The minimum atomic E-state index is -0.814. The van der Waals surface area contributed by atoms with Crippen LogP contribution >= 0.6 is 0 Å². The second-order valence-electron chi connectivity index (χ2n) is 8.23. The first-order valence-electron chi connectivity index (χ1n) is 10.1. The third kappa shape index (κ3) is 5.17. The fraction of sp³-hybridized carbons (Fsp3) is 0.348. The van der Waals surface area contributed by atoms with Gasteiger partial charge in [0.1, 0.15) is 5.54 Å². The molecule has 0 fully saturated rings. The zero-order chi connectivity index (χ0) is 21.7. The first kappa shape index (κ1) is 21.4. The van der Waals surface area contributed by atoms with Crippen molar-refractivity contribution in [2.45, 2.75) is 45.8 Å². The van der Waals surface area contributed by atoms with Gasteiger partial charge < -0.3 is 16.4 Å². The van der Waals surface area contributed by atoms with E-state index in [1.165, 1.54) is 4.90 Å². The molecule has 3 amide bonds. The summed E-state index contributed by atoms with van der Waals surface area (Å²) in [6, 6.07) is 16.8. The summed E-state index contributed by atoms with van der Waals surface area (Å²) in [6.45, 7) is 6.70. The Morgan fingerprint density at radius 2 is 1.83 bits per heavy atom. The number of urea groups is 1. The number of nitrogens with two attached hydrogens (primary N) is 1. The van der Waals surface area contributed by atoms with E-state index in [0.29, 0.717) is 31.1 Å². The highest BCUT2D eigenvalue weighted by molar-refractivity contribution is 6.06. The Kier molecular flexibility index (Phi) is 6.40. The fourth-order valence-electron chi connectivity index (χ4n) is 3.72. The summed E-state index contributed by atoms with van der Waals surface area (Å²) >= 11 is 0. The third-order valence-electron chi connectivity index (χ3n) is 4.97. The zero-order valence-electron chi connectivity index (χ0n) is 17.7. The standard InChI is InChI=1S/C23H29N5O2/c1-16(2)13-23(3)20(29)28(21(24)27-23)15-18-10-7-11-19(12-18)26-22(30)25-14-17-8-5-4-6-9-17/h4-12,16H,13-15H2,1-3H3,(H2,24,27)(H2,25,26,30). The van der Waals surface area contributed by atoms with Crippen LogP contribution in [0.1, 0.15) is 38.3 Å². The molecule has 1 aliphatic heterocycles. The molecule has 0 aromatic heterocycles. The lowest BCUT2D eigenvalue weighted by Crippen LogP contribution is -2.43. The van der Waals surface area contributed by atoms with Crippen LogP contribution in [0.3, 0.4) is 0 Å². The first-order valence-corrected chi connectivity index (χ1v) is 10.1. The summed E-state index contributed by atoms with van der Waals surface area (Å²) in [5.74, 6) is 0.479. The van der Waals surface area contributed by atoms with E-state index in [1.807, 2.05) is 55.5 Å². The summed E-state index contributed by atoms with van der Waals surface area (Å²) < 4.78 is 0. The lowest BCUT2D eigenvalue weighted by Gasteiger charge is -2.23. The Morgan fingerprint density at radius 3 is 2.53 bits per heavy atom. The first-order chi connectivity index (χ1) is 14.3. The minimum absolute atomic E-state index is 0.0901. The number of hydrogen-bond acceptors (Lipinski definition) is 4. The number of amides is 3. The van der Waals surface area contributed by atoms with Crippen LogP contribution in [0.25, 0.3) is 0 Å². The molecule has 2 aromatic rings. The van der Waals surface area contributed by atoms with Crippen molar-refractivity contribution in [3.63, 3.8) is 0 Å². The number of guanidine groups is 1. The zero-order valence-corrected chi connectivity index (χ0v) is 17.7. The van der Waals surface area contributed by atoms with E-state index in [0.717, 1.165) is 11.1 Å². The topological polar surface area (TPSA) is 99.8 Å². The predicted octanol–water partition coefficient (Wildman–Crippen LogP) is 3.47. The molecule has 0 saturated carbocycles. The highest BCUT2D eigenvalue weighted by Crippen LogP contribution is 2.29. The normalized spacial score (nSPS) is 18.5. The molecule has 158 valence electrons. The second-order valence-corrected chi connectivity index (χ2v) is 8.23. The number of benzene rings is 2. The molecule has 2 aromatic carbocycles. The van der Waals surface area contributed by atoms with Crippen molar-refractivity contribution in [2.75, 3.05) is 5.32 Å². The molecule has 0 spiro atoms. The summed E-state index contributed by atoms with van der Waals surface area (Å²) in [7, 11) is 0. The third-order valence-corrected chi connectivity index (χ3v) is 4.97. The predicted molar refractivity (Wildman–Crippen MR) is 119 cm³/mol. The molecule has 3 rings (SSSR count). The summed E-state index contributed by atoms with van der Waals surface area (Å²) in [4.78, 5) is 31.1. The van der Waals surface area contributed by atoms with Gasteiger partial charge in [0.15, 0.2) is 5.96 Å². The van der Waals surface area contributed by atoms with Crippen molar-refractivity contribution < 1.29 is 9.59 Å². The average molecular weight is 408 g/mol. The molecule has 0 radical (unpaired) electrons. The monoisotopic (exact) mass is 407 g/mol. The van der Waals surface area contributed by atoms with E-state index in [1.54, 1.807) is 6.07 Å². The van der Waals surface area contributed by atoms with Crippen molar-refractivity contribution in [3.8, 4) is 0 Å². The van der Waals surface area contributed by atoms with Gasteiger partial charge in [-0.1, -0.05) is 56.3 Å². The molecular weight excluding hydrogens is 378 g/mol. The smallest absolute Gasteiger partial charge is 0.319 e. The number of rotatable bonds is 7. The van der Waals surface area contributed by atoms with E-state index < -0.39 is 5.54 Å². The SMILES string of the molecule is CC(C)CC1(C)N=C(N)N(Cc2cccc(NC(=O)NCc3ccccc3)c2)C1=O. The largest absolute Gasteiger partial charge is 0.369 e. The lowest BCUT2D eigenvalue weighted by atomic mass is 9.91. The lowest BCUT2D eigenvalue weighted by molar-refractivity contribution is -0.131. The Balaban J connectivity index is 1.61. The number of nitrogens with one attached hydrogen (secondary N) is 2. The van der Waals surface area contributed by atoms with Crippen LogP contribution in [0.5, 0.6) is 0 Å². The van der Waals surface area contributed by atoms with Crippen LogP contribution < -0.4 is 16.4 Å². The van der Waals surface area contributed by atoms with Gasteiger partial charge in [0, 0.05) is 12.2 Å². The highest BCUT2D eigenvalue weighted by Gasteiger charge is 2.43. The molecular formula is C23H29N5O2. The summed E-state index contributed by atoms with van der Waals surface area (Å²) in [5.41, 5.74) is 7.77. The van der Waals surface area contributed by atoms with Crippen molar-refractivity contribution in [1.29, 1.82) is 0 Å². The molecule has 7 heteroatoms. The quantitative estimate of drug-likeness (QED) is 0.655. The van der Waals surface area contributed by atoms with Crippen LogP contribution in [0, 0.1) is 5.92 Å². The molecule has 1 heterocycles. The van der Waals surface area contributed by atoms with E-state index in [2.05, 4.69) is 29.5 Å². The number of carbonyl (C=O) groups excluding carboxylic acids is 2. The second kappa shape index (κ2) is 8.98. The van der Waals surface area contributed by atoms with Gasteiger partial charge in [-0.2, -0.15) is 0 Å². The maximum atomic E-state index is 12.9. The van der Waals surface area contributed by atoms with E-state index in [4.69, 9.17) is 5.73 Å². The summed E-state index contributed by atoms with van der Waals surface area (Å²) in [6.07, 6.45) is 0.645. The van der Waals surface area contributed by atoms with Gasteiger partial charge in [0.05, 0.1) is 6.54 Å². The molecule has 30 heavy (non-hydrogen) atoms. The van der Waals surface area contributed by atoms with Crippen molar-refractivity contribution in [2.24, 2.45) is 16.6 Å². The highest BCUT2D eigenvalue weighted by atomic mass is 16.2. The Hall–Kier alpha value is -3.35. The van der Waals surface area contributed by atoms with E-state index in [-0.39, 0.29) is 17.9 Å². The molecule has 0 saturated heterocycles. The maximum Gasteiger partial charge on any atom is 0.319 e. The number of anilines is 1. The van der Waals surface area contributed by atoms with Gasteiger partial charge in [-0.25, -0.2) is 9.79 Å². The van der Waals surface area contributed by atoms with Crippen molar-refractivity contribution in [3.05, 3.63) is 65.7 Å². The molecule has 0 bridgehead atoms. The maximum absolute atomic E-state index is 12.9. The van der Waals surface area contributed by atoms with Gasteiger partial charge >= 0.3 is 6.03 Å². The number of aliphatic imine (C=N–C) groups is 1.